The fourth-order valence-electron chi connectivity index (χ4n) is 1.31. The van der Waals surface area contributed by atoms with E-state index in [1.54, 1.807) is 17.0 Å². The Morgan fingerprint density at radius 1 is 1.38 bits per heavy atom. The fourth-order valence-corrected chi connectivity index (χ4v) is 1.31. The molecule has 0 atom stereocenters. The number of carbonyl (C=O) groups is 1. The second-order valence-corrected chi connectivity index (χ2v) is 3.40. The number of amides is 1. The van der Waals surface area contributed by atoms with Gasteiger partial charge in [-0.1, -0.05) is 18.2 Å². The van der Waals surface area contributed by atoms with Gasteiger partial charge in [0.05, 0.1) is 0 Å². The average molecular weight is 222 g/mol. The van der Waals surface area contributed by atoms with Crippen LogP contribution < -0.4 is 10.5 Å². The molecule has 0 heterocycles. The van der Waals surface area contributed by atoms with Gasteiger partial charge in [0.1, 0.15) is 5.75 Å². The number of hydrogen-bond acceptors (Lipinski definition) is 3. The topological polar surface area (TPSA) is 55.6 Å². The zero-order chi connectivity index (χ0) is 11.8. The second-order valence-electron chi connectivity index (χ2n) is 3.40. The number of hydrogen-bond donors (Lipinski definition) is 1. The maximum absolute atomic E-state index is 11.7. The molecule has 0 aliphatic carbocycles. The Morgan fingerprint density at radius 3 is 2.62 bits per heavy atom. The largest absolute Gasteiger partial charge is 0.415 e. The summed E-state index contributed by atoms with van der Waals surface area (Å²) in [6, 6.07) is 9.06. The predicted molar refractivity (Wildman–Crippen MR) is 63.4 cm³/mol. The van der Waals surface area contributed by atoms with E-state index in [4.69, 9.17) is 10.5 Å². The lowest BCUT2D eigenvalue weighted by atomic mass is 10.3. The lowest BCUT2D eigenvalue weighted by Crippen LogP contribution is -2.35. The summed E-state index contributed by atoms with van der Waals surface area (Å²) in [4.78, 5) is 13.4. The van der Waals surface area contributed by atoms with Gasteiger partial charge in [-0.2, -0.15) is 0 Å². The van der Waals surface area contributed by atoms with E-state index in [2.05, 4.69) is 0 Å². The Balaban J connectivity index is 2.49. The monoisotopic (exact) mass is 222 g/mol. The van der Waals surface area contributed by atoms with Crippen LogP contribution in [0.5, 0.6) is 5.75 Å². The van der Waals surface area contributed by atoms with Crippen molar-refractivity contribution in [3.63, 3.8) is 0 Å². The van der Waals surface area contributed by atoms with Crippen LogP contribution in [-0.4, -0.2) is 30.6 Å². The van der Waals surface area contributed by atoms with Gasteiger partial charge in [-0.25, -0.2) is 4.79 Å². The highest BCUT2D eigenvalue weighted by Gasteiger charge is 2.12. The van der Waals surface area contributed by atoms with Crippen LogP contribution in [-0.2, 0) is 0 Å². The van der Waals surface area contributed by atoms with E-state index in [-0.39, 0.29) is 6.09 Å². The van der Waals surface area contributed by atoms with Crippen molar-refractivity contribution >= 4 is 6.09 Å². The van der Waals surface area contributed by atoms with Gasteiger partial charge >= 0.3 is 6.09 Å². The van der Waals surface area contributed by atoms with Crippen molar-refractivity contribution in [3.8, 4) is 5.75 Å². The normalized spacial score (nSPS) is 9.88. The molecular formula is C12H18N2O2. The summed E-state index contributed by atoms with van der Waals surface area (Å²) in [6.45, 7) is 3.77. The minimum absolute atomic E-state index is 0.317. The number of nitrogens with zero attached hydrogens (tertiary/aromatic N) is 1. The molecule has 1 aromatic rings. The molecule has 0 aliphatic rings. The maximum atomic E-state index is 11.7. The Labute approximate surface area is 96.0 Å². The van der Waals surface area contributed by atoms with Gasteiger partial charge in [0.2, 0.25) is 0 Å². The van der Waals surface area contributed by atoms with Crippen LogP contribution in [0.3, 0.4) is 0 Å². The molecule has 16 heavy (non-hydrogen) atoms. The summed E-state index contributed by atoms with van der Waals surface area (Å²) in [6.07, 6.45) is 0.472. The molecule has 1 aromatic carbocycles. The molecule has 0 radical (unpaired) electrons. The van der Waals surface area contributed by atoms with Gasteiger partial charge < -0.3 is 15.4 Å². The number of ether oxygens (including phenoxy) is 1. The highest BCUT2D eigenvalue weighted by molar-refractivity contribution is 5.70. The van der Waals surface area contributed by atoms with E-state index in [0.29, 0.717) is 25.4 Å². The minimum atomic E-state index is -0.317. The van der Waals surface area contributed by atoms with E-state index in [0.717, 1.165) is 6.42 Å². The maximum Gasteiger partial charge on any atom is 0.415 e. The van der Waals surface area contributed by atoms with Crippen molar-refractivity contribution in [2.45, 2.75) is 13.3 Å². The molecule has 4 heteroatoms. The van der Waals surface area contributed by atoms with E-state index < -0.39 is 0 Å². The zero-order valence-corrected chi connectivity index (χ0v) is 9.56. The second kappa shape index (κ2) is 6.85. The molecular weight excluding hydrogens is 204 g/mol. The van der Waals surface area contributed by atoms with Crippen molar-refractivity contribution in [3.05, 3.63) is 30.3 Å². The molecule has 1 amide bonds. The predicted octanol–water partition coefficient (Wildman–Crippen LogP) is 1.86. The molecule has 0 unspecified atom stereocenters. The quantitative estimate of drug-likeness (QED) is 0.827. The fraction of sp³-hybridized carbons (Fsp3) is 0.417. The molecule has 0 fully saturated rings. The van der Waals surface area contributed by atoms with Crippen LogP contribution in [0.4, 0.5) is 4.79 Å². The third kappa shape index (κ3) is 3.90. The van der Waals surface area contributed by atoms with Crippen LogP contribution in [0, 0.1) is 0 Å². The number of nitrogens with two attached hydrogens (primary N) is 1. The van der Waals surface area contributed by atoms with Crippen LogP contribution >= 0.6 is 0 Å². The molecule has 0 spiro atoms. The Kier molecular flexibility index (Phi) is 5.36. The van der Waals surface area contributed by atoms with E-state index in [1.165, 1.54) is 0 Å². The van der Waals surface area contributed by atoms with Gasteiger partial charge in [0.15, 0.2) is 0 Å². The summed E-state index contributed by atoms with van der Waals surface area (Å²) in [5.74, 6) is 0.568. The first-order valence-corrected chi connectivity index (χ1v) is 5.49. The zero-order valence-electron chi connectivity index (χ0n) is 9.56. The smallest absolute Gasteiger partial charge is 0.410 e. The van der Waals surface area contributed by atoms with Crippen LogP contribution in [0.2, 0.25) is 0 Å². The number of rotatable bonds is 5. The van der Waals surface area contributed by atoms with Gasteiger partial charge in [-0.05, 0) is 32.0 Å². The Bertz CT molecular complexity index is 314. The molecule has 88 valence electrons. The van der Waals surface area contributed by atoms with Crippen LogP contribution in [0.25, 0.3) is 0 Å². The van der Waals surface area contributed by atoms with E-state index >= 15 is 0 Å². The highest BCUT2D eigenvalue weighted by Crippen LogP contribution is 2.10. The summed E-state index contributed by atoms with van der Waals surface area (Å²) < 4.78 is 5.21. The highest BCUT2D eigenvalue weighted by atomic mass is 16.6. The molecule has 0 aromatic heterocycles. The van der Waals surface area contributed by atoms with Gasteiger partial charge in [0, 0.05) is 13.1 Å². The third-order valence-electron chi connectivity index (χ3n) is 2.22. The first kappa shape index (κ1) is 12.5. The first-order valence-electron chi connectivity index (χ1n) is 5.49. The van der Waals surface area contributed by atoms with Gasteiger partial charge in [0.25, 0.3) is 0 Å². The van der Waals surface area contributed by atoms with E-state index in [1.807, 2.05) is 25.1 Å². The first-order chi connectivity index (χ1) is 7.77. The van der Waals surface area contributed by atoms with Crippen molar-refractivity contribution < 1.29 is 9.53 Å². The van der Waals surface area contributed by atoms with Crippen molar-refractivity contribution in [2.75, 3.05) is 19.6 Å². The summed E-state index contributed by atoms with van der Waals surface area (Å²) in [7, 11) is 0. The van der Waals surface area contributed by atoms with Gasteiger partial charge in [-0.3, -0.25) is 0 Å². The Hall–Kier alpha value is -1.55. The van der Waals surface area contributed by atoms with Crippen molar-refractivity contribution in [1.82, 2.24) is 4.90 Å². The molecule has 0 saturated carbocycles. The molecule has 1 rings (SSSR count). The summed E-state index contributed by atoms with van der Waals surface area (Å²) in [5.41, 5.74) is 5.41. The summed E-state index contributed by atoms with van der Waals surface area (Å²) >= 11 is 0. The molecule has 2 N–H and O–H groups in total. The number of benzene rings is 1. The number of para-hydroxylation sites is 1. The van der Waals surface area contributed by atoms with Gasteiger partial charge in [-0.15, -0.1) is 0 Å². The average Bonchev–Trinajstić information content (AvgIpc) is 2.31. The molecule has 0 bridgehead atoms. The Morgan fingerprint density at radius 2 is 2.06 bits per heavy atom. The molecule has 0 saturated heterocycles. The van der Waals surface area contributed by atoms with Crippen molar-refractivity contribution in [2.24, 2.45) is 5.73 Å². The van der Waals surface area contributed by atoms with Crippen molar-refractivity contribution in [1.29, 1.82) is 0 Å². The third-order valence-corrected chi connectivity index (χ3v) is 2.22. The lowest BCUT2D eigenvalue weighted by molar-refractivity contribution is 0.154. The SMILES string of the molecule is CCN(CCCN)C(=O)Oc1ccccc1. The van der Waals surface area contributed by atoms with E-state index in [9.17, 15) is 4.79 Å². The molecule has 0 aliphatic heterocycles. The molecule has 4 nitrogen and oxygen atoms in total. The lowest BCUT2D eigenvalue weighted by Gasteiger charge is -2.19. The summed E-state index contributed by atoms with van der Waals surface area (Å²) in [5, 5.41) is 0. The standard InChI is InChI=1S/C12H18N2O2/c1-2-14(10-6-9-13)12(15)16-11-7-4-3-5-8-11/h3-5,7-8H,2,6,9-10,13H2,1H3. The van der Waals surface area contributed by atoms with Crippen LogP contribution in [0.15, 0.2) is 30.3 Å². The van der Waals surface area contributed by atoms with Crippen LogP contribution in [0.1, 0.15) is 13.3 Å². The number of carbonyl (C=O) groups excluding carboxylic acids is 1. The minimum Gasteiger partial charge on any atom is -0.410 e.